The lowest BCUT2D eigenvalue weighted by atomic mass is 10.1. The fourth-order valence-corrected chi connectivity index (χ4v) is 5.40. The van der Waals surface area contributed by atoms with Gasteiger partial charge in [-0.1, -0.05) is 128 Å². The smallest absolute Gasteiger partial charge is 0.462 e. The number of hydrogen-bond donors (Lipinski definition) is 1. The number of phosphoric ester groups is 1. The summed E-state index contributed by atoms with van der Waals surface area (Å²) in [5.74, 6) is -0.815. The molecule has 2 atom stereocenters. The van der Waals surface area contributed by atoms with Gasteiger partial charge in [0.1, 0.15) is 6.61 Å². The highest BCUT2D eigenvalue weighted by Crippen LogP contribution is 2.43. The molecule has 9 heteroatoms. The van der Waals surface area contributed by atoms with Gasteiger partial charge >= 0.3 is 19.8 Å². The van der Waals surface area contributed by atoms with Crippen LogP contribution in [-0.4, -0.2) is 42.8 Å². The highest BCUT2D eigenvalue weighted by atomic mass is 31.2. The molecule has 44 heavy (non-hydrogen) atoms. The molecule has 0 aromatic carbocycles. The summed E-state index contributed by atoms with van der Waals surface area (Å²) < 4.78 is 32.4. The van der Waals surface area contributed by atoms with E-state index in [2.05, 4.69) is 38.2 Å². The Hall–Kier alpha value is -1.47. The van der Waals surface area contributed by atoms with Crippen molar-refractivity contribution in [2.45, 2.75) is 168 Å². The fourth-order valence-electron chi connectivity index (χ4n) is 4.64. The van der Waals surface area contributed by atoms with Crippen molar-refractivity contribution in [1.29, 1.82) is 0 Å². The topological polar surface area (TPSA) is 108 Å². The predicted molar refractivity (Wildman–Crippen MR) is 179 cm³/mol. The Labute approximate surface area is 269 Å². The first-order valence-corrected chi connectivity index (χ1v) is 19.1. The van der Waals surface area contributed by atoms with Crippen LogP contribution >= 0.6 is 7.82 Å². The molecule has 258 valence electrons. The van der Waals surface area contributed by atoms with E-state index in [4.69, 9.17) is 18.5 Å². The number of rotatable bonds is 32. The minimum absolute atomic E-state index is 0.00116. The maximum absolute atomic E-state index is 12.4. The maximum Gasteiger partial charge on any atom is 0.472 e. The second kappa shape index (κ2) is 31.5. The largest absolute Gasteiger partial charge is 0.472 e. The summed E-state index contributed by atoms with van der Waals surface area (Å²) in [6.07, 6.45) is 30.9. The SMILES string of the molecule is CCCC/C=C\C/C=C\CCCCCCCC(=O)OC(COC(=O)CCCCCCCCCCCC)COP(=O)(O)OCC. The third-order valence-electron chi connectivity index (χ3n) is 7.26. The number of ether oxygens (including phenoxy) is 2. The number of allylic oxidation sites excluding steroid dienone is 4. The highest BCUT2D eigenvalue weighted by molar-refractivity contribution is 7.47. The number of carbonyl (C=O) groups excluding carboxylic acids is 2. The first kappa shape index (κ1) is 42.5. The van der Waals surface area contributed by atoms with Crippen molar-refractivity contribution in [3.05, 3.63) is 24.3 Å². The van der Waals surface area contributed by atoms with Crippen molar-refractivity contribution in [3.8, 4) is 0 Å². The van der Waals surface area contributed by atoms with E-state index in [1.54, 1.807) is 6.92 Å². The molecule has 0 spiro atoms. The molecule has 0 bridgehead atoms. The average molecular weight is 645 g/mol. The van der Waals surface area contributed by atoms with E-state index in [0.717, 1.165) is 64.2 Å². The molecule has 0 aliphatic carbocycles. The third kappa shape index (κ3) is 30.6. The summed E-state index contributed by atoms with van der Waals surface area (Å²) in [5.41, 5.74) is 0. The molecule has 2 unspecified atom stereocenters. The molecule has 0 saturated heterocycles. The van der Waals surface area contributed by atoms with E-state index in [-0.39, 0.29) is 25.6 Å². The Morgan fingerprint density at radius 2 is 1.11 bits per heavy atom. The van der Waals surface area contributed by atoms with E-state index >= 15 is 0 Å². The number of carbonyl (C=O) groups is 2. The third-order valence-corrected chi connectivity index (χ3v) is 8.32. The zero-order valence-corrected chi connectivity index (χ0v) is 29.2. The van der Waals surface area contributed by atoms with Gasteiger partial charge < -0.3 is 14.4 Å². The summed E-state index contributed by atoms with van der Waals surface area (Å²) in [4.78, 5) is 34.4. The minimum atomic E-state index is -4.27. The van der Waals surface area contributed by atoms with Crippen LogP contribution in [0.2, 0.25) is 0 Å². The van der Waals surface area contributed by atoms with Crippen LogP contribution in [0.1, 0.15) is 162 Å². The van der Waals surface area contributed by atoms with Crippen LogP contribution in [0.25, 0.3) is 0 Å². The first-order valence-electron chi connectivity index (χ1n) is 17.6. The highest BCUT2D eigenvalue weighted by Gasteiger charge is 2.25. The van der Waals surface area contributed by atoms with Gasteiger partial charge in [0.25, 0.3) is 0 Å². The van der Waals surface area contributed by atoms with Gasteiger partial charge in [0.2, 0.25) is 0 Å². The zero-order valence-electron chi connectivity index (χ0n) is 28.3. The molecule has 0 aliphatic rings. The van der Waals surface area contributed by atoms with Gasteiger partial charge in [-0.05, 0) is 45.4 Å². The Morgan fingerprint density at radius 3 is 1.68 bits per heavy atom. The Kier molecular flexibility index (Phi) is 30.5. The van der Waals surface area contributed by atoms with Crippen LogP contribution in [0.3, 0.4) is 0 Å². The van der Waals surface area contributed by atoms with Gasteiger partial charge in [0, 0.05) is 12.8 Å². The van der Waals surface area contributed by atoms with E-state index in [9.17, 15) is 19.0 Å². The van der Waals surface area contributed by atoms with Gasteiger partial charge in [-0.2, -0.15) is 0 Å². The van der Waals surface area contributed by atoms with Gasteiger partial charge in [-0.3, -0.25) is 18.6 Å². The second-order valence-electron chi connectivity index (χ2n) is 11.5. The molecule has 0 aliphatic heterocycles. The minimum Gasteiger partial charge on any atom is -0.462 e. The number of unbranched alkanes of at least 4 members (excludes halogenated alkanes) is 16. The normalized spacial score (nSPS) is 13.8. The fraction of sp³-hybridized carbons (Fsp3) is 0.829. The van der Waals surface area contributed by atoms with Crippen molar-refractivity contribution in [2.24, 2.45) is 0 Å². The lowest BCUT2D eigenvalue weighted by molar-refractivity contribution is -0.161. The number of hydrogen-bond acceptors (Lipinski definition) is 7. The van der Waals surface area contributed by atoms with Crippen LogP contribution in [-0.2, 0) is 32.7 Å². The second-order valence-corrected chi connectivity index (χ2v) is 13.0. The zero-order chi connectivity index (χ0) is 32.6. The molecular weight excluding hydrogens is 579 g/mol. The van der Waals surface area contributed by atoms with Gasteiger partial charge in [0.15, 0.2) is 6.10 Å². The molecule has 0 heterocycles. The van der Waals surface area contributed by atoms with Crippen LogP contribution < -0.4 is 0 Å². The van der Waals surface area contributed by atoms with E-state index < -0.39 is 26.5 Å². The standard InChI is InChI=1S/C35H65O8P/c1-4-7-9-11-13-15-17-18-19-20-22-24-26-28-30-35(37)43-33(32-42-44(38,39)41-6-3)31-40-34(36)29-27-25-23-21-16-14-12-10-8-5-2/h11,13,17-18,33H,4-10,12,14-16,19-32H2,1-3H3,(H,38,39)/b13-11-,18-17-. The predicted octanol–water partition coefficient (Wildman–Crippen LogP) is 10.3. The molecular formula is C35H65O8P. The van der Waals surface area contributed by atoms with Crippen molar-refractivity contribution >= 4 is 19.8 Å². The number of phosphoric acid groups is 1. The molecule has 0 amide bonds. The van der Waals surface area contributed by atoms with E-state index in [0.29, 0.717) is 12.8 Å². The Bertz CT molecular complexity index is 783. The first-order chi connectivity index (χ1) is 21.3. The van der Waals surface area contributed by atoms with Gasteiger partial charge in [0.05, 0.1) is 13.2 Å². The molecule has 8 nitrogen and oxygen atoms in total. The number of esters is 2. The molecule has 1 N–H and O–H groups in total. The lowest BCUT2D eigenvalue weighted by Gasteiger charge is -2.19. The summed E-state index contributed by atoms with van der Waals surface area (Å²) in [7, 11) is -4.27. The van der Waals surface area contributed by atoms with Crippen molar-refractivity contribution in [2.75, 3.05) is 19.8 Å². The Morgan fingerprint density at radius 1 is 0.614 bits per heavy atom. The summed E-state index contributed by atoms with van der Waals surface area (Å²) in [6.45, 7) is 5.38. The molecule has 0 radical (unpaired) electrons. The molecule has 0 fully saturated rings. The quantitative estimate of drug-likeness (QED) is 0.0333. The van der Waals surface area contributed by atoms with Crippen LogP contribution in [0.4, 0.5) is 0 Å². The lowest BCUT2D eigenvalue weighted by Crippen LogP contribution is -2.29. The summed E-state index contributed by atoms with van der Waals surface area (Å²) in [6, 6.07) is 0. The van der Waals surface area contributed by atoms with Crippen molar-refractivity contribution < 1.29 is 37.6 Å². The van der Waals surface area contributed by atoms with Crippen LogP contribution in [0.15, 0.2) is 24.3 Å². The monoisotopic (exact) mass is 644 g/mol. The Balaban J connectivity index is 4.22. The maximum atomic E-state index is 12.4. The summed E-state index contributed by atoms with van der Waals surface area (Å²) >= 11 is 0. The molecule has 0 saturated carbocycles. The molecule has 0 aromatic heterocycles. The molecule has 0 rings (SSSR count). The van der Waals surface area contributed by atoms with Crippen LogP contribution in [0, 0.1) is 0 Å². The van der Waals surface area contributed by atoms with Crippen molar-refractivity contribution in [3.63, 3.8) is 0 Å². The average Bonchev–Trinajstić information content (AvgIpc) is 2.99. The summed E-state index contributed by atoms with van der Waals surface area (Å²) in [5, 5.41) is 0. The van der Waals surface area contributed by atoms with Crippen LogP contribution in [0.5, 0.6) is 0 Å². The molecule has 0 aromatic rings. The van der Waals surface area contributed by atoms with E-state index in [1.165, 1.54) is 57.8 Å². The van der Waals surface area contributed by atoms with Gasteiger partial charge in [-0.25, -0.2) is 4.57 Å². The van der Waals surface area contributed by atoms with Gasteiger partial charge in [-0.15, -0.1) is 0 Å². The van der Waals surface area contributed by atoms with Crippen molar-refractivity contribution in [1.82, 2.24) is 0 Å². The van der Waals surface area contributed by atoms with E-state index in [1.807, 2.05) is 0 Å².